The van der Waals surface area contributed by atoms with Gasteiger partial charge in [-0.1, -0.05) is 43.7 Å². The average Bonchev–Trinajstić information content (AvgIpc) is 2.43. The predicted octanol–water partition coefficient (Wildman–Crippen LogP) is 3.17. The molecule has 4 nitrogen and oxygen atoms in total. The van der Waals surface area contributed by atoms with Crippen LogP contribution in [0.3, 0.4) is 0 Å². The minimum absolute atomic E-state index is 0.00966. The lowest BCUT2D eigenvalue weighted by atomic mass is 10.0. The minimum Gasteiger partial charge on any atom is -0.364 e. The number of aryl methyl sites for hydroxylation is 1. The molecule has 0 saturated carbocycles. The van der Waals surface area contributed by atoms with Crippen LogP contribution in [0.1, 0.15) is 51.8 Å². The second-order valence-electron chi connectivity index (χ2n) is 6.43. The number of benzene rings is 1. The van der Waals surface area contributed by atoms with Crippen LogP contribution in [0.25, 0.3) is 0 Å². The van der Waals surface area contributed by atoms with Crippen molar-refractivity contribution in [2.45, 2.75) is 59.7 Å². The second-order valence-corrected chi connectivity index (χ2v) is 6.43. The summed E-state index contributed by atoms with van der Waals surface area (Å²) in [6, 6.07) is 7.97. The molecule has 1 amide bonds. The summed E-state index contributed by atoms with van der Waals surface area (Å²) >= 11 is 0. The largest absolute Gasteiger partial charge is 0.364 e. The third kappa shape index (κ3) is 6.16. The summed E-state index contributed by atoms with van der Waals surface area (Å²) < 4.78 is 5.48. The molecule has 0 aliphatic heterocycles. The van der Waals surface area contributed by atoms with Crippen LogP contribution in [-0.4, -0.2) is 24.8 Å². The zero-order valence-electron chi connectivity index (χ0n) is 14.6. The summed E-state index contributed by atoms with van der Waals surface area (Å²) in [7, 11) is 0. The molecule has 0 aliphatic carbocycles. The van der Waals surface area contributed by atoms with E-state index in [0.717, 1.165) is 5.56 Å². The number of amides is 1. The molecule has 4 heteroatoms. The SMILES string of the molecule is Cc1ccc(C(C)NC(=O)[C@H](NCOC(C)C)C(C)C)cc1. The maximum absolute atomic E-state index is 12.5. The molecule has 0 aliphatic rings. The number of carbonyl (C=O) groups is 1. The fourth-order valence-electron chi connectivity index (χ4n) is 2.18. The monoisotopic (exact) mass is 306 g/mol. The maximum atomic E-state index is 12.5. The summed E-state index contributed by atoms with van der Waals surface area (Å²) in [6.07, 6.45) is 0.148. The molecule has 0 radical (unpaired) electrons. The first-order valence-electron chi connectivity index (χ1n) is 8.03. The standard InChI is InChI=1S/C18H30N2O2/c1-12(2)17(19-11-22-13(3)4)18(21)20-15(6)16-9-7-14(5)8-10-16/h7-10,12-13,15,17,19H,11H2,1-6H3,(H,20,21)/t15?,17-/m1/s1. The summed E-state index contributed by atoms with van der Waals surface area (Å²) in [4.78, 5) is 12.5. The molecule has 0 fully saturated rings. The van der Waals surface area contributed by atoms with Crippen LogP contribution in [0.2, 0.25) is 0 Å². The molecule has 1 unspecified atom stereocenters. The van der Waals surface area contributed by atoms with Crippen LogP contribution < -0.4 is 10.6 Å². The van der Waals surface area contributed by atoms with Crippen molar-refractivity contribution >= 4 is 5.91 Å². The van der Waals surface area contributed by atoms with Crippen molar-refractivity contribution < 1.29 is 9.53 Å². The van der Waals surface area contributed by atoms with Crippen molar-refractivity contribution in [1.29, 1.82) is 0 Å². The molecule has 1 aromatic rings. The number of hydrogen-bond acceptors (Lipinski definition) is 3. The van der Waals surface area contributed by atoms with Gasteiger partial charge in [0.15, 0.2) is 0 Å². The van der Waals surface area contributed by atoms with Gasteiger partial charge >= 0.3 is 0 Å². The summed E-state index contributed by atoms with van der Waals surface area (Å²) in [6.45, 7) is 12.5. The van der Waals surface area contributed by atoms with Crippen LogP contribution in [0.4, 0.5) is 0 Å². The molecule has 0 saturated heterocycles. The molecule has 2 atom stereocenters. The fourth-order valence-corrected chi connectivity index (χ4v) is 2.18. The van der Waals surface area contributed by atoms with Crippen LogP contribution in [-0.2, 0) is 9.53 Å². The molecule has 1 rings (SSSR count). The second kappa shape index (κ2) is 8.91. The van der Waals surface area contributed by atoms with Gasteiger partial charge < -0.3 is 10.1 Å². The Morgan fingerprint density at radius 2 is 1.68 bits per heavy atom. The Hall–Kier alpha value is -1.39. The van der Waals surface area contributed by atoms with Gasteiger partial charge in [0.1, 0.15) is 0 Å². The molecule has 124 valence electrons. The lowest BCUT2D eigenvalue weighted by molar-refractivity contribution is -0.125. The molecule has 0 spiro atoms. The van der Waals surface area contributed by atoms with E-state index in [1.807, 2.05) is 34.6 Å². The number of carbonyl (C=O) groups excluding carboxylic acids is 1. The van der Waals surface area contributed by atoms with Crippen LogP contribution >= 0.6 is 0 Å². The Morgan fingerprint density at radius 3 is 2.18 bits per heavy atom. The highest BCUT2D eigenvalue weighted by Gasteiger charge is 2.23. The Balaban J connectivity index is 2.60. The Kier molecular flexibility index (Phi) is 7.56. The number of hydrogen-bond donors (Lipinski definition) is 2. The van der Waals surface area contributed by atoms with Crippen molar-refractivity contribution in [3.8, 4) is 0 Å². The summed E-state index contributed by atoms with van der Waals surface area (Å²) in [5, 5.41) is 6.26. The van der Waals surface area contributed by atoms with Crippen molar-refractivity contribution in [1.82, 2.24) is 10.6 Å². The van der Waals surface area contributed by atoms with Crippen LogP contribution in [0.15, 0.2) is 24.3 Å². The first-order valence-corrected chi connectivity index (χ1v) is 8.03. The average molecular weight is 306 g/mol. The van der Waals surface area contributed by atoms with Gasteiger partial charge in [-0.25, -0.2) is 0 Å². The zero-order chi connectivity index (χ0) is 16.7. The zero-order valence-corrected chi connectivity index (χ0v) is 14.6. The van der Waals surface area contributed by atoms with Gasteiger partial charge in [-0.2, -0.15) is 0 Å². The van der Waals surface area contributed by atoms with Crippen LogP contribution in [0.5, 0.6) is 0 Å². The molecule has 22 heavy (non-hydrogen) atoms. The lowest BCUT2D eigenvalue weighted by Crippen LogP contribution is -2.48. The van der Waals surface area contributed by atoms with Crippen molar-refractivity contribution in [2.24, 2.45) is 5.92 Å². The minimum atomic E-state index is -0.258. The normalized spacial score (nSPS) is 14.2. The van der Waals surface area contributed by atoms with Crippen LogP contribution in [0, 0.1) is 12.8 Å². The predicted molar refractivity (Wildman–Crippen MR) is 90.6 cm³/mol. The molecule has 0 aromatic heterocycles. The van der Waals surface area contributed by atoms with Gasteiger partial charge in [0.2, 0.25) is 5.91 Å². The van der Waals surface area contributed by atoms with Gasteiger partial charge in [-0.15, -0.1) is 0 Å². The number of rotatable bonds is 8. The quantitative estimate of drug-likeness (QED) is 0.725. The van der Waals surface area contributed by atoms with Gasteiger partial charge in [-0.05, 0) is 39.2 Å². The van der Waals surface area contributed by atoms with E-state index in [0.29, 0.717) is 6.73 Å². The topological polar surface area (TPSA) is 50.4 Å². The highest BCUT2D eigenvalue weighted by Crippen LogP contribution is 2.14. The first kappa shape index (κ1) is 18.7. The third-order valence-electron chi connectivity index (χ3n) is 3.61. The molecule has 2 N–H and O–H groups in total. The van der Waals surface area contributed by atoms with E-state index in [1.165, 1.54) is 5.56 Å². The highest BCUT2D eigenvalue weighted by molar-refractivity contribution is 5.82. The van der Waals surface area contributed by atoms with Gasteiger partial charge in [-0.3, -0.25) is 10.1 Å². The van der Waals surface area contributed by atoms with E-state index in [4.69, 9.17) is 4.74 Å². The number of ether oxygens (including phenoxy) is 1. The molecular formula is C18H30N2O2. The van der Waals surface area contributed by atoms with E-state index in [9.17, 15) is 4.79 Å². The Morgan fingerprint density at radius 1 is 1.09 bits per heavy atom. The van der Waals surface area contributed by atoms with Gasteiger partial charge in [0, 0.05) is 0 Å². The van der Waals surface area contributed by atoms with E-state index in [1.54, 1.807) is 0 Å². The third-order valence-corrected chi connectivity index (χ3v) is 3.61. The summed E-state index contributed by atoms with van der Waals surface area (Å²) in [5.41, 5.74) is 2.33. The molecular weight excluding hydrogens is 276 g/mol. The summed E-state index contributed by atoms with van der Waals surface area (Å²) in [5.74, 6) is 0.205. The van der Waals surface area contributed by atoms with Gasteiger partial charge in [0.25, 0.3) is 0 Å². The first-order chi connectivity index (χ1) is 10.3. The lowest BCUT2D eigenvalue weighted by Gasteiger charge is -2.24. The van der Waals surface area contributed by atoms with E-state index < -0.39 is 0 Å². The van der Waals surface area contributed by atoms with Crippen molar-refractivity contribution in [3.63, 3.8) is 0 Å². The molecule has 0 heterocycles. The van der Waals surface area contributed by atoms with Gasteiger partial charge in [0.05, 0.1) is 24.9 Å². The van der Waals surface area contributed by atoms with E-state index >= 15 is 0 Å². The number of nitrogens with one attached hydrogen (secondary N) is 2. The highest BCUT2D eigenvalue weighted by atomic mass is 16.5. The van der Waals surface area contributed by atoms with Crippen molar-refractivity contribution in [2.75, 3.05) is 6.73 Å². The maximum Gasteiger partial charge on any atom is 0.237 e. The fraction of sp³-hybridized carbons (Fsp3) is 0.611. The van der Waals surface area contributed by atoms with Crippen molar-refractivity contribution in [3.05, 3.63) is 35.4 Å². The smallest absolute Gasteiger partial charge is 0.237 e. The van der Waals surface area contributed by atoms with E-state index in [-0.39, 0.29) is 30.0 Å². The molecule has 0 bridgehead atoms. The molecule has 1 aromatic carbocycles. The Bertz CT molecular complexity index is 455. The van der Waals surface area contributed by atoms with E-state index in [2.05, 4.69) is 41.8 Å². The Labute approximate surface area is 134 Å².